The highest BCUT2D eigenvalue weighted by molar-refractivity contribution is 9.11. The summed E-state index contributed by atoms with van der Waals surface area (Å²) in [6.07, 6.45) is 0. The number of likely N-dealkylation sites (N-methyl/N-ethyl adjacent to an activating group) is 1. The number of hydrogen-bond acceptors (Lipinski definition) is 4. The molecule has 2 nitrogen and oxygen atoms in total. The molecule has 0 radical (unpaired) electrons. The van der Waals surface area contributed by atoms with E-state index in [0.717, 1.165) is 13.1 Å². The monoisotopic (exact) mass is 306 g/mol. The first-order valence-electron chi connectivity index (χ1n) is 5.05. The van der Waals surface area contributed by atoms with E-state index >= 15 is 0 Å². The van der Waals surface area contributed by atoms with Gasteiger partial charge in [0.15, 0.2) is 0 Å². The molecule has 1 N–H and O–H groups in total. The minimum atomic E-state index is 0.671. The Morgan fingerprint density at radius 1 is 1.67 bits per heavy atom. The minimum absolute atomic E-state index is 0.671. The van der Waals surface area contributed by atoms with E-state index in [9.17, 15) is 0 Å². The van der Waals surface area contributed by atoms with Crippen LogP contribution < -0.4 is 5.32 Å². The summed E-state index contributed by atoms with van der Waals surface area (Å²) in [5.74, 6) is 1.18. The van der Waals surface area contributed by atoms with Gasteiger partial charge in [-0.2, -0.15) is 0 Å². The van der Waals surface area contributed by atoms with E-state index in [1.807, 2.05) is 23.1 Å². The third-order valence-corrected chi connectivity index (χ3v) is 5.61. The lowest BCUT2D eigenvalue weighted by atomic mass is 10.2. The Morgan fingerprint density at radius 3 is 3.20 bits per heavy atom. The molecule has 1 aliphatic rings. The third-order valence-electron chi connectivity index (χ3n) is 2.61. The highest BCUT2D eigenvalue weighted by Gasteiger charge is 2.18. The number of thiophene rings is 1. The molecule has 0 bridgehead atoms. The maximum atomic E-state index is 3.49. The van der Waals surface area contributed by atoms with Crippen LogP contribution in [0.5, 0.6) is 0 Å². The summed E-state index contributed by atoms with van der Waals surface area (Å²) in [5.41, 5.74) is 0. The summed E-state index contributed by atoms with van der Waals surface area (Å²) < 4.78 is 2.63. The number of nitrogens with one attached hydrogen (secondary N) is 1. The molecule has 1 unspecified atom stereocenters. The standard InChI is InChI=1S/C10H15BrN2S2/c1-13-5-4-12-6-8(13)7-14-10-3-2-9(11)15-10/h2-3,8,12H,4-7H2,1H3. The van der Waals surface area contributed by atoms with Crippen molar-refractivity contribution in [3.63, 3.8) is 0 Å². The molecule has 0 aliphatic carbocycles. The Hall–Kier alpha value is 0.450. The van der Waals surface area contributed by atoms with Crippen molar-refractivity contribution in [2.45, 2.75) is 10.3 Å². The number of hydrogen-bond donors (Lipinski definition) is 1. The van der Waals surface area contributed by atoms with Crippen LogP contribution in [0.3, 0.4) is 0 Å². The lowest BCUT2D eigenvalue weighted by Crippen LogP contribution is -2.50. The second-order valence-electron chi connectivity index (χ2n) is 3.71. The van der Waals surface area contributed by atoms with E-state index in [2.05, 4.69) is 45.3 Å². The molecule has 2 rings (SSSR count). The van der Waals surface area contributed by atoms with Crippen LogP contribution in [0.4, 0.5) is 0 Å². The quantitative estimate of drug-likeness (QED) is 0.864. The molecule has 5 heteroatoms. The van der Waals surface area contributed by atoms with E-state index in [-0.39, 0.29) is 0 Å². The van der Waals surface area contributed by atoms with Crippen molar-refractivity contribution in [2.75, 3.05) is 32.4 Å². The average molecular weight is 307 g/mol. The van der Waals surface area contributed by atoms with Crippen molar-refractivity contribution in [1.29, 1.82) is 0 Å². The number of thioether (sulfide) groups is 1. The first-order chi connectivity index (χ1) is 7.25. The molecular weight excluding hydrogens is 292 g/mol. The van der Waals surface area contributed by atoms with Crippen molar-refractivity contribution >= 4 is 39.0 Å². The summed E-state index contributed by atoms with van der Waals surface area (Å²) in [5, 5.41) is 3.45. The van der Waals surface area contributed by atoms with Crippen LogP contribution in [0.15, 0.2) is 20.1 Å². The Bertz CT molecular complexity index is 316. The van der Waals surface area contributed by atoms with Crippen LogP contribution in [-0.2, 0) is 0 Å². The van der Waals surface area contributed by atoms with Gasteiger partial charge in [0.1, 0.15) is 0 Å². The van der Waals surface area contributed by atoms with Crippen molar-refractivity contribution in [2.24, 2.45) is 0 Å². The van der Waals surface area contributed by atoms with Crippen molar-refractivity contribution in [3.05, 3.63) is 15.9 Å². The maximum absolute atomic E-state index is 3.49. The highest BCUT2D eigenvalue weighted by Crippen LogP contribution is 2.31. The molecule has 84 valence electrons. The molecular formula is C10H15BrN2S2. The predicted molar refractivity (Wildman–Crippen MR) is 72.0 cm³/mol. The molecule has 1 aromatic rings. The van der Waals surface area contributed by atoms with Crippen LogP contribution in [0.25, 0.3) is 0 Å². The Kier molecular flexibility index (Phi) is 4.52. The lowest BCUT2D eigenvalue weighted by Gasteiger charge is -2.32. The molecule has 0 amide bonds. The Balaban J connectivity index is 1.81. The summed E-state index contributed by atoms with van der Waals surface area (Å²) in [4.78, 5) is 2.45. The van der Waals surface area contributed by atoms with Crippen LogP contribution >= 0.6 is 39.0 Å². The van der Waals surface area contributed by atoms with Gasteiger partial charge in [0.2, 0.25) is 0 Å². The van der Waals surface area contributed by atoms with Crippen LogP contribution in [0, 0.1) is 0 Å². The fourth-order valence-electron chi connectivity index (χ4n) is 1.60. The zero-order chi connectivity index (χ0) is 10.7. The van der Waals surface area contributed by atoms with Gasteiger partial charge in [-0.1, -0.05) is 0 Å². The van der Waals surface area contributed by atoms with Gasteiger partial charge >= 0.3 is 0 Å². The van der Waals surface area contributed by atoms with Gasteiger partial charge in [0.25, 0.3) is 0 Å². The molecule has 1 saturated heterocycles. The second-order valence-corrected chi connectivity index (χ2v) is 7.49. The van der Waals surface area contributed by atoms with Crippen molar-refractivity contribution < 1.29 is 0 Å². The fourth-order valence-corrected chi connectivity index (χ4v) is 4.65. The van der Waals surface area contributed by atoms with Gasteiger partial charge in [0.05, 0.1) is 8.00 Å². The molecule has 1 aliphatic heterocycles. The first kappa shape index (κ1) is 11.9. The molecule has 15 heavy (non-hydrogen) atoms. The number of piperazine rings is 1. The number of halogens is 1. The second kappa shape index (κ2) is 5.68. The van der Waals surface area contributed by atoms with Crippen LogP contribution in [-0.4, -0.2) is 43.4 Å². The zero-order valence-corrected chi connectivity index (χ0v) is 11.9. The summed E-state index contributed by atoms with van der Waals surface area (Å²) in [6, 6.07) is 4.98. The van der Waals surface area contributed by atoms with Crippen LogP contribution in [0.1, 0.15) is 0 Å². The van der Waals surface area contributed by atoms with Gasteiger partial charge in [-0.25, -0.2) is 0 Å². The van der Waals surface area contributed by atoms with E-state index in [0.29, 0.717) is 6.04 Å². The first-order valence-corrected chi connectivity index (χ1v) is 7.64. The SMILES string of the molecule is CN1CCNCC1CSc1ccc(Br)s1. The smallest absolute Gasteiger partial charge is 0.0710 e. The molecule has 1 aromatic heterocycles. The summed E-state index contributed by atoms with van der Waals surface area (Å²) in [6.45, 7) is 3.41. The lowest BCUT2D eigenvalue weighted by molar-refractivity contribution is 0.218. The molecule has 0 saturated carbocycles. The highest BCUT2D eigenvalue weighted by atomic mass is 79.9. The topological polar surface area (TPSA) is 15.3 Å². The van der Waals surface area contributed by atoms with Gasteiger partial charge in [0, 0.05) is 31.4 Å². The van der Waals surface area contributed by atoms with Crippen molar-refractivity contribution in [3.8, 4) is 0 Å². The minimum Gasteiger partial charge on any atom is -0.314 e. The van der Waals surface area contributed by atoms with Crippen LogP contribution in [0.2, 0.25) is 0 Å². The summed E-state index contributed by atoms with van der Waals surface area (Å²) in [7, 11) is 2.22. The van der Waals surface area contributed by atoms with Crippen molar-refractivity contribution in [1.82, 2.24) is 10.2 Å². The zero-order valence-electron chi connectivity index (χ0n) is 8.70. The van der Waals surface area contributed by atoms with E-state index in [1.165, 1.54) is 20.3 Å². The fraction of sp³-hybridized carbons (Fsp3) is 0.600. The van der Waals surface area contributed by atoms with E-state index in [4.69, 9.17) is 0 Å². The molecule has 0 spiro atoms. The average Bonchev–Trinajstić information content (AvgIpc) is 2.63. The van der Waals surface area contributed by atoms with E-state index in [1.54, 1.807) is 0 Å². The molecule has 0 aromatic carbocycles. The Morgan fingerprint density at radius 2 is 2.53 bits per heavy atom. The number of nitrogens with zero attached hydrogens (tertiary/aromatic N) is 1. The number of rotatable bonds is 3. The van der Waals surface area contributed by atoms with E-state index < -0.39 is 0 Å². The maximum Gasteiger partial charge on any atom is 0.0710 e. The molecule has 2 heterocycles. The Labute approximate surface area is 108 Å². The normalized spacial score (nSPS) is 23.2. The largest absolute Gasteiger partial charge is 0.314 e. The molecule has 1 atom stereocenters. The van der Waals surface area contributed by atoms with Gasteiger partial charge in [-0.05, 0) is 35.1 Å². The predicted octanol–water partition coefficient (Wildman–Crippen LogP) is 2.51. The molecule has 1 fully saturated rings. The van der Waals surface area contributed by atoms with Gasteiger partial charge < -0.3 is 10.2 Å². The third kappa shape index (κ3) is 3.46. The van der Waals surface area contributed by atoms with Gasteiger partial charge in [-0.15, -0.1) is 23.1 Å². The van der Waals surface area contributed by atoms with Gasteiger partial charge in [-0.3, -0.25) is 0 Å². The summed E-state index contributed by atoms with van der Waals surface area (Å²) >= 11 is 7.27.